The van der Waals surface area contributed by atoms with Crippen molar-refractivity contribution in [1.29, 1.82) is 0 Å². The summed E-state index contributed by atoms with van der Waals surface area (Å²) in [6.45, 7) is 0. The standard InChI is InChI=1S/C5H2F7NS/c6-1-2(7)13(5(10,11)12)4(9)14-3(1)8/h2,4H. The van der Waals surface area contributed by atoms with Crippen LogP contribution in [0.2, 0.25) is 0 Å². The molecule has 0 aromatic heterocycles. The fraction of sp³-hybridized carbons (Fsp3) is 0.600. The molecule has 14 heavy (non-hydrogen) atoms. The Morgan fingerprint density at radius 1 is 1.14 bits per heavy atom. The van der Waals surface area contributed by atoms with Gasteiger partial charge in [-0.15, -0.1) is 4.90 Å². The van der Waals surface area contributed by atoms with E-state index in [4.69, 9.17) is 0 Å². The van der Waals surface area contributed by atoms with Crippen molar-refractivity contribution in [3.8, 4) is 0 Å². The van der Waals surface area contributed by atoms with Gasteiger partial charge in [0.2, 0.25) is 11.9 Å². The van der Waals surface area contributed by atoms with E-state index in [1.807, 2.05) is 0 Å². The first-order valence-corrected chi connectivity index (χ1v) is 3.98. The van der Waals surface area contributed by atoms with E-state index in [-0.39, 0.29) is 0 Å². The van der Waals surface area contributed by atoms with E-state index in [1.54, 1.807) is 0 Å². The Morgan fingerprint density at radius 3 is 2.07 bits per heavy atom. The molecule has 9 heteroatoms. The van der Waals surface area contributed by atoms with Gasteiger partial charge in [-0.3, -0.25) is 0 Å². The van der Waals surface area contributed by atoms with Crippen LogP contribution in [0.1, 0.15) is 0 Å². The van der Waals surface area contributed by atoms with E-state index < -0.39 is 45.9 Å². The Bertz CT molecular complexity index is 261. The molecular formula is C5H2F7NS. The van der Waals surface area contributed by atoms with Gasteiger partial charge < -0.3 is 0 Å². The number of thioether (sulfide) groups is 1. The molecular weight excluding hydrogens is 239 g/mol. The van der Waals surface area contributed by atoms with E-state index in [0.29, 0.717) is 0 Å². The van der Waals surface area contributed by atoms with Gasteiger partial charge >= 0.3 is 6.30 Å². The molecule has 0 saturated heterocycles. The minimum atomic E-state index is -5.40. The van der Waals surface area contributed by atoms with Gasteiger partial charge in [0.15, 0.2) is 11.0 Å². The lowest BCUT2D eigenvalue weighted by Crippen LogP contribution is -2.49. The van der Waals surface area contributed by atoms with Crippen LogP contribution in [-0.2, 0) is 0 Å². The van der Waals surface area contributed by atoms with Crippen LogP contribution in [-0.4, -0.2) is 23.1 Å². The second-order valence-electron chi connectivity index (χ2n) is 2.24. The van der Waals surface area contributed by atoms with Crippen LogP contribution in [0.15, 0.2) is 11.0 Å². The first-order valence-electron chi connectivity index (χ1n) is 3.10. The van der Waals surface area contributed by atoms with Crippen LogP contribution in [0.4, 0.5) is 30.7 Å². The maximum atomic E-state index is 12.5. The van der Waals surface area contributed by atoms with Crippen molar-refractivity contribution in [2.24, 2.45) is 0 Å². The van der Waals surface area contributed by atoms with E-state index in [2.05, 4.69) is 0 Å². The molecule has 2 unspecified atom stereocenters. The summed E-state index contributed by atoms with van der Waals surface area (Å²) in [5.74, 6) is -2.26. The SMILES string of the molecule is FC1=C(F)C(F)N(C(F)(F)F)C(F)S1. The first-order chi connectivity index (χ1) is 6.25. The molecule has 0 aliphatic carbocycles. The van der Waals surface area contributed by atoms with E-state index >= 15 is 0 Å². The minimum Gasteiger partial charge on any atom is -0.222 e. The van der Waals surface area contributed by atoms with Crippen molar-refractivity contribution in [2.75, 3.05) is 0 Å². The normalized spacial score (nSPS) is 31.1. The third-order valence-electron chi connectivity index (χ3n) is 1.35. The van der Waals surface area contributed by atoms with Gasteiger partial charge in [0.25, 0.3) is 0 Å². The van der Waals surface area contributed by atoms with Crippen molar-refractivity contribution < 1.29 is 30.7 Å². The molecule has 0 N–H and O–H groups in total. The van der Waals surface area contributed by atoms with Crippen molar-refractivity contribution in [2.45, 2.75) is 18.2 Å². The fourth-order valence-electron chi connectivity index (χ4n) is 0.761. The Balaban J connectivity index is 3.00. The second-order valence-corrected chi connectivity index (χ2v) is 3.23. The van der Waals surface area contributed by atoms with Crippen LogP contribution >= 0.6 is 11.8 Å². The zero-order valence-electron chi connectivity index (χ0n) is 6.16. The number of hydrogen-bond acceptors (Lipinski definition) is 2. The summed E-state index contributed by atoms with van der Waals surface area (Å²) < 4.78 is 85.2. The lowest BCUT2D eigenvalue weighted by Gasteiger charge is -2.32. The monoisotopic (exact) mass is 241 g/mol. The van der Waals surface area contributed by atoms with Gasteiger partial charge in [-0.05, 0) is 11.8 Å². The highest BCUT2D eigenvalue weighted by atomic mass is 32.2. The topological polar surface area (TPSA) is 3.24 Å². The van der Waals surface area contributed by atoms with Gasteiger partial charge in [0.05, 0.1) is 0 Å². The van der Waals surface area contributed by atoms with Gasteiger partial charge in [0, 0.05) is 0 Å². The van der Waals surface area contributed by atoms with Gasteiger partial charge in [-0.25, -0.2) is 13.2 Å². The summed E-state index contributed by atoms with van der Waals surface area (Å²) in [5.41, 5.74) is -3.02. The second kappa shape index (κ2) is 3.61. The molecule has 0 bridgehead atoms. The summed E-state index contributed by atoms with van der Waals surface area (Å²) in [5, 5.41) is -1.91. The molecule has 1 aliphatic heterocycles. The minimum absolute atomic E-state index is 0.675. The third-order valence-corrected chi connectivity index (χ3v) is 2.18. The summed E-state index contributed by atoms with van der Waals surface area (Å²) >= 11 is -0.675. The Labute approximate surface area is 77.5 Å². The van der Waals surface area contributed by atoms with E-state index in [0.717, 1.165) is 0 Å². The Morgan fingerprint density at radius 2 is 1.64 bits per heavy atom. The molecule has 0 spiro atoms. The maximum absolute atomic E-state index is 12.5. The zero-order valence-corrected chi connectivity index (χ0v) is 6.97. The summed E-state index contributed by atoms with van der Waals surface area (Å²) in [7, 11) is 0. The van der Waals surface area contributed by atoms with Crippen molar-refractivity contribution in [1.82, 2.24) is 4.90 Å². The number of hydrogen-bond donors (Lipinski definition) is 0. The molecule has 1 rings (SSSR count). The molecule has 0 aromatic rings. The maximum Gasteiger partial charge on any atom is 0.465 e. The van der Waals surface area contributed by atoms with E-state index in [9.17, 15) is 30.7 Å². The molecule has 0 radical (unpaired) electrons. The average Bonchev–Trinajstić information content (AvgIpc) is 1.97. The van der Waals surface area contributed by atoms with Crippen LogP contribution in [0.3, 0.4) is 0 Å². The molecule has 2 atom stereocenters. The molecule has 0 saturated carbocycles. The largest absolute Gasteiger partial charge is 0.465 e. The fourth-order valence-corrected chi connectivity index (χ4v) is 1.48. The average molecular weight is 241 g/mol. The predicted octanol–water partition coefficient (Wildman–Crippen LogP) is 3.21. The van der Waals surface area contributed by atoms with Gasteiger partial charge in [-0.1, -0.05) is 0 Å². The van der Waals surface area contributed by atoms with Crippen molar-refractivity contribution in [3.63, 3.8) is 0 Å². The third kappa shape index (κ3) is 1.97. The van der Waals surface area contributed by atoms with Crippen molar-refractivity contribution >= 4 is 11.8 Å². The Kier molecular flexibility index (Phi) is 3.00. The molecule has 1 aliphatic rings. The van der Waals surface area contributed by atoms with Crippen LogP contribution in [0.25, 0.3) is 0 Å². The summed E-state index contributed by atoms with van der Waals surface area (Å²) in [6.07, 6.45) is -8.87. The zero-order chi connectivity index (χ0) is 11.1. The first kappa shape index (κ1) is 11.6. The summed E-state index contributed by atoms with van der Waals surface area (Å²) in [6, 6.07) is 0. The smallest absolute Gasteiger partial charge is 0.222 e. The highest BCUT2D eigenvalue weighted by Gasteiger charge is 2.53. The molecule has 1 heterocycles. The lowest BCUT2D eigenvalue weighted by atomic mass is 10.5. The van der Waals surface area contributed by atoms with E-state index in [1.165, 1.54) is 0 Å². The van der Waals surface area contributed by atoms with Crippen LogP contribution in [0.5, 0.6) is 0 Å². The molecule has 0 fully saturated rings. The molecule has 0 amide bonds. The van der Waals surface area contributed by atoms with Gasteiger partial charge in [0.1, 0.15) is 0 Å². The van der Waals surface area contributed by atoms with Crippen LogP contribution < -0.4 is 0 Å². The van der Waals surface area contributed by atoms with Gasteiger partial charge in [-0.2, -0.15) is 17.6 Å². The number of halogens is 7. The number of alkyl halides is 5. The number of rotatable bonds is 0. The quantitative estimate of drug-likeness (QED) is 0.473. The lowest BCUT2D eigenvalue weighted by molar-refractivity contribution is -0.286. The number of nitrogens with zero attached hydrogens (tertiary/aromatic N) is 1. The van der Waals surface area contributed by atoms with Crippen LogP contribution in [0, 0.1) is 0 Å². The van der Waals surface area contributed by atoms with Crippen molar-refractivity contribution in [3.05, 3.63) is 11.0 Å². The molecule has 82 valence electrons. The predicted molar refractivity (Wildman–Crippen MR) is 34.5 cm³/mol. The molecule has 0 aromatic carbocycles. The molecule has 1 nitrogen and oxygen atoms in total. The summed E-state index contributed by atoms with van der Waals surface area (Å²) in [4.78, 5) is -1.35. The highest BCUT2D eigenvalue weighted by molar-refractivity contribution is 8.03. The Hall–Kier alpha value is -0.440. The highest BCUT2D eigenvalue weighted by Crippen LogP contribution is 2.44.